The van der Waals surface area contributed by atoms with Gasteiger partial charge in [0, 0.05) is 11.8 Å². The number of hydrogen-bond donors (Lipinski definition) is 3. The minimum absolute atomic E-state index is 0.0966. The van der Waals surface area contributed by atoms with Crippen LogP contribution >= 0.6 is 11.8 Å². The van der Waals surface area contributed by atoms with Gasteiger partial charge in [0.1, 0.15) is 5.75 Å². The summed E-state index contributed by atoms with van der Waals surface area (Å²) in [7, 11) is 1.47. The van der Waals surface area contributed by atoms with Gasteiger partial charge in [0.2, 0.25) is 0 Å². The van der Waals surface area contributed by atoms with E-state index in [9.17, 15) is 9.59 Å². The summed E-state index contributed by atoms with van der Waals surface area (Å²) in [4.78, 5) is 23.0. The van der Waals surface area contributed by atoms with Gasteiger partial charge in [0.05, 0.1) is 18.4 Å². The fraction of sp³-hybridized carbons (Fsp3) is 0.429. The van der Waals surface area contributed by atoms with E-state index in [0.29, 0.717) is 11.4 Å². The average Bonchev–Trinajstić information content (AvgIpc) is 2.48. The molecular weight excluding hydrogens is 292 g/mol. The summed E-state index contributed by atoms with van der Waals surface area (Å²) in [6.07, 6.45) is 2.06. The van der Waals surface area contributed by atoms with E-state index in [2.05, 4.69) is 10.6 Å². The minimum Gasteiger partial charge on any atom is -0.495 e. The summed E-state index contributed by atoms with van der Waals surface area (Å²) >= 11 is 1.82. The van der Waals surface area contributed by atoms with Crippen LogP contribution < -0.4 is 15.4 Å². The summed E-state index contributed by atoms with van der Waals surface area (Å²) in [6.45, 7) is 0. The number of aromatic carboxylic acids is 1. The van der Waals surface area contributed by atoms with Crippen LogP contribution in [0, 0.1) is 0 Å². The van der Waals surface area contributed by atoms with Gasteiger partial charge >= 0.3 is 12.0 Å². The van der Waals surface area contributed by atoms with Gasteiger partial charge in [-0.3, -0.25) is 0 Å². The Balaban J connectivity index is 2.04. The molecule has 2 rings (SSSR count). The first-order valence-corrected chi connectivity index (χ1v) is 7.82. The average molecular weight is 310 g/mol. The molecule has 1 aromatic rings. The normalized spacial score (nSPS) is 17.9. The van der Waals surface area contributed by atoms with Crippen molar-refractivity contribution in [2.24, 2.45) is 0 Å². The largest absolute Gasteiger partial charge is 0.495 e. The van der Waals surface area contributed by atoms with Crippen LogP contribution in [0.2, 0.25) is 0 Å². The van der Waals surface area contributed by atoms with Gasteiger partial charge in [-0.1, -0.05) is 0 Å². The van der Waals surface area contributed by atoms with Crippen molar-refractivity contribution in [3.63, 3.8) is 0 Å². The number of carbonyl (C=O) groups is 2. The molecule has 1 atom stereocenters. The third kappa shape index (κ3) is 4.29. The Morgan fingerprint density at radius 2 is 2.24 bits per heavy atom. The van der Waals surface area contributed by atoms with Gasteiger partial charge in [0.25, 0.3) is 0 Å². The molecule has 1 heterocycles. The summed E-state index contributed by atoms with van der Waals surface area (Å²) in [5, 5.41) is 14.5. The molecular formula is C14H18N2O4S. The van der Waals surface area contributed by atoms with Gasteiger partial charge in [-0.15, -0.1) is 0 Å². The number of carboxylic acids is 1. The predicted octanol–water partition coefficient (Wildman–Crippen LogP) is 2.41. The fourth-order valence-corrected chi connectivity index (χ4v) is 3.21. The van der Waals surface area contributed by atoms with E-state index < -0.39 is 5.97 Å². The van der Waals surface area contributed by atoms with Crippen molar-refractivity contribution < 1.29 is 19.4 Å². The first kappa shape index (κ1) is 15.5. The summed E-state index contributed by atoms with van der Waals surface area (Å²) in [5.74, 6) is 1.41. The van der Waals surface area contributed by atoms with Crippen LogP contribution in [-0.4, -0.2) is 41.8 Å². The highest BCUT2D eigenvalue weighted by atomic mass is 32.2. The molecule has 2 amide bonds. The molecule has 1 unspecified atom stereocenters. The Morgan fingerprint density at radius 1 is 1.43 bits per heavy atom. The Labute approximate surface area is 127 Å². The molecule has 7 heteroatoms. The number of rotatable bonds is 4. The molecule has 0 spiro atoms. The zero-order valence-electron chi connectivity index (χ0n) is 11.7. The van der Waals surface area contributed by atoms with E-state index in [-0.39, 0.29) is 17.6 Å². The van der Waals surface area contributed by atoms with Crippen molar-refractivity contribution in [3.8, 4) is 5.75 Å². The fourth-order valence-electron chi connectivity index (χ4n) is 2.14. The monoisotopic (exact) mass is 310 g/mol. The third-order valence-electron chi connectivity index (χ3n) is 3.19. The van der Waals surface area contributed by atoms with Crippen molar-refractivity contribution in [2.75, 3.05) is 23.9 Å². The van der Waals surface area contributed by atoms with Gasteiger partial charge in [-0.2, -0.15) is 11.8 Å². The molecule has 0 saturated carbocycles. The number of amides is 2. The molecule has 6 nitrogen and oxygen atoms in total. The van der Waals surface area contributed by atoms with E-state index in [1.54, 1.807) is 0 Å². The first-order valence-electron chi connectivity index (χ1n) is 6.66. The van der Waals surface area contributed by atoms with E-state index in [1.165, 1.54) is 25.3 Å². The predicted molar refractivity (Wildman–Crippen MR) is 82.5 cm³/mol. The number of ether oxygens (including phenoxy) is 1. The Hall–Kier alpha value is -1.89. The number of methoxy groups -OCH3 is 1. The van der Waals surface area contributed by atoms with Crippen molar-refractivity contribution in [1.29, 1.82) is 0 Å². The molecule has 0 radical (unpaired) electrons. The lowest BCUT2D eigenvalue weighted by Crippen LogP contribution is -2.40. The van der Waals surface area contributed by atoms with Crippen LogP contribution in [0.25, 0.3) is 0 Å². The number of hydrogen-bond acceptors (Lipinski definition) is 4. The SMILES string of the molecule is COc1ccc(C(=O)O)cc1NC(=O)NC1CCCSC1. The van der Waals surface area contributed by atoms with Crippen LogP contribution in [0.15, 0.2) is 18.2 Å². The number of thioether (sulfide) groups is 1. The Kier molecular flexibility index (Phi) is 5.32. The number of carboxylic acid groups (broad SMARTS) is 1. The van der Waals surface area contributed by atoms with Gasteiger partial charge in [-0.05, 0) is 36.8 Å². The molecule has 1 aromatic carbocycles. The maximum Gasteiger partial charge on any atom is 0.335 e. The van der Waals surface area contributed by atoms with E-state index in [1.807, 2.05) is 11.8 Å². The zero-order valence-corrected chi connectivity index (χ0v) is 12.5. The number of anilines is 1. The maximum atomic E-state index is 12.0. The number of urea groups is 1. The zero-order chi connectivity index (χ0) is 15.2. The highest BCUT2D eigenvalue weighted by molar-refractivity contribution is 7.99. The van der Waals surface area contributed by atoms with Crippen LogP contribution in [0.5, 0.6) is 5.75 Å². The van der Waals surface area contributed by atoms with Crippen LogP contribution in [0.3, 0.4) is 0 Å². The van der Waals surface area contributed by atoms with Crippen molar-refractivity contribution in [2.45, 2.75) is 18.9 Å². The molecule has 21 heavy (non-hydrogen) atoms. The molecule has 3 N–H and O–H groups in total. The lowest BCUT2D eigenvalue weighted by molar-refractivity contribution is 0.0697. The smallest absolute Gasteiger partial charge is 0.335 e. The third-order valence-corrected chi connectivity index (χ3v) is 4.41. The molecule has 1 aliphatic heterocycles. The second kappa shape index (κ2) is 7.21. The minimum atomic E-state index is -1.05. The van der Waals surface area contributed by atoms with Crippen molar-refractivity contribution in [3.05, 3.63) is 23.8 Å². The standard InChI is InChI=1S/C14H18N2O4S/c1-20-12-5-4-9(13(17)18)7-11(12)16-14(19)15-10-3-2-6-21-8-10/h4-5,7,10H,2-3,6,8H2,1H3,(H,17,18)(H2,15,16,19). The quantitative estimate of drug-likeness (QED) is 0.795. The highest BCUT2D eigenvalue weighted by Gasteiger charge is 2.17. The second-order valence-corrected chi connectivity index (χ2v) is 5.88. The molecule has 0 aromatic heterocycles. The number of nitrogens with one attached hydrogen (secondary N) is 2. The van der Waals surface area contributed by atoms with E-state index >= 15 is 0 Å². The first-order chi connectivity index (χ1) is 10.1. The van der Waals surface area contributed by atoms with Crippen molar-refractivity contribution >= 4 is 29.4 Å². The Bertz CT molecular complexity index is 530. The second-order valence-electron chi connectivity index (χ2n) is 4.73. The highest BCUT2D eigenvalue weighted by Crippen LogP contribution is 2.25. The maximum absolute atomic E-state index is 12.0. The topological polar surface area (TPSA) is 87.7 Å². The van der Waals surface area contributed by atoms with Gasteiger partial charge in [-0.25, -0.2) is 9.59 Å². The molecule has 0 bridgehead atoms. The van der Waals surface area contributed by atoms with E-state index in [0.717, 1.165) is 24.3 Å². The summed E-state index contributed by atoms with van der Waals surface area (Å²) in [5.41, 5.74) is 0.442. The number of benzene rings is 1. The molecule has 0 aliphatic carbocycles. The lowest BCUT2D eigenvalue weighted by atomic mass is 10.2. The summed E-state index contributed by atoms with van der Waals surface area (Å²) < 4.78 is 5.13. The molecule has 1 aliphatic rings. The molecule has 1 fully saturated rings. The van der Waals surface area contributed by atoms with Crippen LogP contribution in [0.4, 0.5) is 10.5 Å². The molecule has 114 valence electrons. The van der Waals surface area contributed by atoms with Crippen molar-refractivity contribution in [1.82, 2.24) is 5.32 Å². The Morgan fingerprint density at radius 3 is 2.86 bits per heavy atom. The number of carbonyl (C=O) groups excluding carboxylic acids is 1. The molecule has 1 saturated heterocycles. The van der Waals surface area contributed by atoms with Gasteiger partial charge < -0.3 is 20.5 Å². The van der Waals surface area contributed by atoms with Crippen LogP contribution in [0.1, 0.15) is 23.2 Å². The lowest BCUT2D eigenvalue weighted by Gasteiger charge is -2.22. The summed E-state index contributed by atoms with van der Waals surface area (Å²) in [6, 6.07) is 4.15. The van der Waals surface area contributed by atoms with E-state index in [4.69, 9.17) is 9.84 Å². The van der Waals surface area contributed by atoms with Crippen LogP contribution in [-0.2, 0) is 0 Å². The van der Waals surface area contributed by atoms with Gasteiger partial charge in [0.15, 0.2) is 0 Å².